The van der Waals surface area contributed by atoms with Gasteiger partial charge in [-0.1, -0.05) is 25.0 Å². The molecule has 6 nitrogen and oxygen atoms in total. The van der Waals surface area contributed by atoms with E-state index in [-0.39, 0.29) is 17.4 Å². The second-order valence-electron chi connectivity index (χ2n) is 7.55. The Morgan fingerprint density at radius 1 is 1.11 bits per heavy atom. The third kappa shape index (κ3) is 4.52. The summed E-state index contributed by atoms with van der Waals surface area (Å²) in [4.78, 5) is 24.5. The van der Waals surface area contributed by atoms with Gasteiger partial charge in [-0.05, 0) is 37.0 Å². The second kappa shape index (κ2) is 8.73. The normalized spacial score (nSPS) is 20.8. The summed E-state index contributed by atoms with van der Waals surface area (Å²) in [5, 5.41) is 0. The summed E-state index contributed by atoms with van der Waals surface area (Å²) in [6.07, 6.45) is 5.24. The van der Waals surface area contributed by atoms with Gasteiger partial charge >= 0.3 is 0 Å². The van der Waals surface area contributed by atoms with Crippen LogP contribution in [0.15, 0.2) is 35.1 Å². The fraction of sp³-hybridized carbons (Fsp3) is 0.524. The molecule has 1 aromatic carbocycles. The number of hydrogen-bond acceptors (Lipinski definition) is 5. The van der Waals surface area contributed by atoms with Crippen molar-refractivity contribution < 1.29 is 9.13 Å². The minimum Gasteiger partial charge on any atom is -0.378 e. The lowest BCUT2D eigenvalue weighted by Gasteiger charge is -2.32. The van der Waals surface area contributed by atoms with Crippen LogP contribution < -0.4 is 15.4 Å². The van der Waals surface area contributed by atoms with E-state index < -0.39 is 0 Å². The summed E-state index contributed by atoms with van der Waals surface area (Å²) >= 11 is 0. The lowest BCUT2D eigenvalue weighted by Crippen LogP contribution is -2.41. The Hall–Kier alpha value is -2.41. The van der Waals surface area contributed by atoms with Gasteiger partial charge in [0, 0.05) is 31.7 Å². The van der Waals surface area contributed by atoms with E-state index in [0.717, 1.165) is 50.9 Å². The Labute approximate surface area is 164 Å². The summed E-state index contributed by atoms with van der Waals surface area (Å²) in [5.74, 6) is 1.14. The van der Waals surface area contributed by atoms with Crippen LogP contribution >= 0.6 is 0 Å². The quantitative estimate of drug-likeness (QED) is 0.876. The van der Waals surface area contributed by atoms with Gasteiger partial charge in [-0.15, -0.1) is 0 Å². The third-order valence-electron chi connectivity index (χ3n) is 5.58. The number of morpholine rings is 1. The average Bonchev–Trinajstić information content (AvgIpc) is 2.95. The molecular formula is C21H27FN4O2. The fourth-order valence-corrected chi connectivity index (χ4v) is 4.08. The SMILES string of the molecule is O=c1cc(N2CCOCC2)nc(N2CCCCC[C@H]2Cc2ccc(F)cc2)[nH]1. The summed E-state index contributed by atoms with van der Waals surface area (Å²) < 4.78 is 18.7. The first-order valence-corrected chi connectivity index (χ1v) is 10.1. The monoisotopic (exact) mass is 386 g/mol. The molecule has 7 heteroatoms. The van der Waals surface area contributed by atoms with Crippen molar-refractivity contribution in [2.75, 3.05) is 42.6 Å². The minimum atomic E-state index is -0.217. The van der Waals surface area contributed by atoms with Gasteiger partial charge in [0.25, 0.3) is 5.56 Å². The minimum absolute atomic E-state index is 0.128. The maximum Gasteiger partial charge on any atom is 0.254 e. The maximum absolute atomic E-state index is 13.3. The van der Waals surface area contributed by atoms with Crippen LogP contribution in [0.25, 0.3) is 0 Å². The summed E-state index contributed by atoms with van der Waals surface area (Å²) in [6.45, 7) is 3.66. The predicted octanol–water partition coefficient (Wildman–Crippen LogP) is 2.74. The molecule has 0 radical (unpaired) electrons. The molecule has 0 unspecified atom stereocenters. The predicted molar refractivity (Wildman–Crippen MR) is 108 cm³/mol. The molecule has 2 aliphatic rings. The van der Waals surface area contributed by atoms with E-state index in [1.165, 1.54) is 18.6 Å². The molecule has 1 aromatic heterocycles. The van der Waals surface area contributed by atoms with E-state index in [2.05, 4.69) is 14.8 Å². The van der Waals surface area contributed by atoms with Crippen molar-refractivity contribution in [3.8, 4) is 0 Å². The highest BCUT2D eigenvalue weighted by Crippen LogP contribution is 2.25. The highest BCUT2D eigenvalue weighted by molar-refractivity contribution is 5.45. The van der Waals surface area contributed by atoms with Crippen LogP contribution in [0.3, 0.4) is 0 Å². The van der Waals surface area contributed by atoms with Crippen LogP contribution in [0.5, 0.6) is 0 Å². The van der Waals surface area contributed by atoms with E-state index in [9.17, 15) is 9.18 Å². The van der Waals surface area contributed by atoms with Crippen LogP contribution in [0.4, 0.5) is 16.2 Å². The molecular weight excluding hydrogens is 359 g/mol. The molecule has 3 heterocycles. The molecule has 0 amide bonds. The number of rotatable bonds is 4. The van der Waals surface area contributed by atoms with Crippen LogP contribution in [-0.2, 0) is 11.2 Å². The number of aromatic nitrogens is 2. The first-order valence-electron chi connectivity index (χ1n) is 10.1. The Bertz CT molecular complexity index is 833. The first kappa shape index (κ1) is 18.9. The molecule has 0 spiro atoms. The molecule has 1 N–H and O–H groups in total. The molecule has 28 heavy (non-hydrogen) atoms. The topological polar surface area (TPSA) is 61.5 Å². The van der Waals surface area contributed by atoms with E-state index in [1.54, 1.807) is 6.07 Å². The van der Waals surface area contributed by atoms with Crippen molar-refractivity contribution in [1.82, 2.24) is 9.97 Å². The summed E-state index contributed by atoms with van der Waals surface area (Å²) in [6, 6.07) is 8.51. The van der Waals surface area contributed by atoms with Gasteiger partial charge in [-0.3, -0.25) is 9.78 Å². The zero-order valence-corrected chi connectivity index (χ0v) is 16.1. The van der Waals surface area contributed by atoms with E-state index in [0.29, 0.717) is 25.0 Å². The standard InChI is InChI=1S/C21H27FN4O2/c22-17-7-5-16(6-8-17)14-18-4-2-1-3-9-26(18)21-23-19(15-20(27)24-21)25-10-12-28-13-11-25/h5-8,15,18H,1-4,9-14H2,(H,23,24,27)/t18-/m0/s1. The van der Waals surface area contributed by atoms with Gasteiger partial charge in [-0.25, -0.2) is 4.39 Å². The molecule has 4 rings (SSSR count). The number of benzene rings is 1. The smallest absolute Gasteiger partial charge is 0.254 e. The number of aromatic amines is 1. The highest BCUT2D eigenvalue weighted by Gasteiger charge is 2.25. The molecule has 0 saturated carbocycles. The molecule has 2 saturated heterocycles. The number of anilines is 2. The Morgan fingerprint density at radius 3 is 2.68 bits per heavy atom. The largest absolute Gasteiger partial charge is 0.378 e. The number of halogens is 1. The van der Waals surface area contributed by atoms with Gasteiger partial charge in [0.2, 0.25) is 5.95 Å². The lowest BCUT2D eigenvalue weighted by atomic mass is 10.0. The zero-order chi connectivity index (χ0) is 19.3. The van der Waals surface area contributed by atoms with E-state index in [4.69, 9.17) is 9.72 Å². The zero-order valence-electron chi connectivity index (χ0n) is 16.1. The molecule has 0 aliphatic carbocycles. The maximum atomic E-state index is 13.3. The summed E-state index contributed by atoms with van der Waals surface area (Å²) in [5.41, 5.74) is 0.973. The Balaban J connectivity index is 1.61. The molecule has 1 atom stereocenters. The van der Waals surface area contributed by atoms with Crippen molar-refractivity contribution in [3.63, 3.8) is 0 Å². The Morgan fingerprint density at radius 2 is 1.89 bits per heavy atom. The van der Waals surface area contributed by atoms with E-state index in [1.807, 2.05) is 12.1 Å². The number of nitrogens with zero attached hydrogens (tertiary/aromatic N) is 3. The van der Waals surface area contributed by atoms with Crippen molar-refractivity contribution in [3.05, 3.63) is 52.1 Å². The van der Waals surface area contributed by atoms with Gasteiger partial charge < -0.3 is 14.5 Å². The first-order chi connectivity index (χ1) is 13.7. The van der Waals surface area contributed by atoms with Gasteiger partial charge in [0.1, 0.15) is 11.6 Å². The molecule has 2 aliphatic heterocycles. The fourth-order valence-electron chi connectivity index (χ4n) is 4.08. The molecule has 0 bridgehead atoms. The average molecular weight is 386 g/mol. The second-order valence-corrected chi connectivity index (χ2v) is 7.55. The van der Waals surface area contributed by atoms with Crippen LogP contribution in [0.1, 0.15) is 31.2 Å². The summed E-state index contributed by atoms with van der Waals surface area (Å²) in [7, 11) is 0. The van der Waals surface area contributed by atoms with Crippen molar-refractivity contribution >= 4 is 11.8 Å². The van der Waals surface area contributed by atoms with Crippen molar-refractivity contribution in [2.24, 2.45) is 0 Å². The van der Waals surface area contributed by atoms with Gasteiger partial charge in [-0.2, -0.15) is 4.98 Å². The van der Waals surface area contributed by atoms with Gasteiger partial charge in [0.05, 0.1) is 13.2 Å². The van der Waals surface area contributed by atoms with Crippen molar-refractivity contribution in [1.29, 1.82) is 0 Å². The van der Waals surface area contributed by atoms with Crippen LogP contribution in [0, 0.1) is 5.82 Å². The Kier molecular flexibility index (Phi) is 5.90. The number of ether oxygens (including phenoxy) is 1. The highest BCUT2D eigenvalue weighted by atomic mass is 19.1. The van der Waals surface area contributed by atoms with Gasteiger partial charge in [0.15, 0.2) is 0 Å². The lowest BCUT2D eigenvalue weighted by molar-refractivity contribution is 0.122. The third-order valence-corrected chi connectivity index (χ3v) is 5.58. The molecule has 2 fully saturated rings. The van der Waals surface area contributed by atoms with Crippen LogP contribution in [0.2, 0.25) is 0 Å². The number of H-pyrrole nitrogens is 1. The van der Waals surface area contributed by atoms with E-state index >= 15 is 0 Å². The van der Waals surface area contributed by atoms with Crippen LogP contribution in [-0.4, -0.2) is 48.9 Å². The molecule has 2 aromatic rings. The number of hydrogen-bond donors (Lipinski definition) is 1. The number of nitrogens with one attached hydrogen (secondary N) is 1. The van der Waals surface area contributed by atoms with Crippen molar-refractivity contribution in [2.45, 2.75) is 38.1 Å². The molecule has 150 valence electrons.